The minimum absolute atomic E-state index is 0.0648. The van der Waals surface area contributed by atoms with Crippen LogP contribution in [0.4, 0.5) is 0 Å². The highest BCUT2D eigenvalue weighted by Crippen LogP contribution is 2.24. The molecule has 1 aliphatic carbocycles. The van der Waals surface area contributed by atoms with Gasteiger partial charge in [-0.25, -0.2) is 4.68 Å². The van der Waals surface area contributed by atoms with Gasteiger partial charge in [-0.05, 0) is 12.8 Å². The number of hydrogen-bond donors (Lipinski definition) is 2. The summed E-state index contributed by atoms with van der Waals surface area (Å²) < 4.78 is 1.62. The molecule has 17 heavy (non-hydrogen) atoms. The Balaban J connectivity index is 1.83. The van der Waals surface area contributed by atoms with Crippen LogP contribution in [0.2, 0.25) is 0 Å². The number of nitriles is 1. The van der Waals surface area contributed by atoms with Gasteiger partial charge in [0, 0.05) is 18.8 Å². The van der Waals surface area contributed by atoms with E-state index in [4.69, 9.17) is 10.4 Å². The van der Waals surface area contributed by atoms with E-state index in [1.54, 1.807) is 4.68 Å². The molecule has 0 spiro atoms. The molecule has 0 saturated heterocycles. The second kappa shape index (κ2) is 5.75. The van der Waals surface area contributed by atoms with Crippen LogP contribution in [0.1, 0.15) is 25.0 Å². The first kappa shape index (κ1) is 12.0. The van der Waals surface area contributed by atoms with E-state index in [2.05, 4.69) is 21.7 Å². The van der Waals surface area contributed by atoms with E-state index in [1.807, 2.05) is 6.20 Å². The van der Waals surface area contributed by atoms with Crippen LogP contribution < -0.4 is 5.32 Å². The maximum Gasteiger partial charge on any atom is 0.0964 e. The number of aromatic nitrogens is 3. The normalized spacial score (nSPS) is 23.8. The van der Waals surface area contributed by atoms with Crippen molar-refractivity contribution < 1.29 is 5.11 Å². The highest BCUT2D eigenvalue weighted by Gasteiger charge is 2.26. The highest BCUT2D eigenvalue weighted by atomic mass is 16.3. The lowest BCUT2D eigenvalue weighted by Gasteiger charge is -2.13. The third kappa shape index (κ3) is 3.02. The summed E-state index contributed by atoms with van der Waals surface area (Å²) in [6.07, 6.45) is 4.99. The van der Waals surface area contributed by atoms with Crippen LogP contribution in [0.3, 0.4) is 0 Å². The van der Waals surface area contributed by atoms with Gasteiger partial charge in [0.25, 0.3) is 0 Å². The van der Waals surface area contributed by atoms with E-state index >= 15 is 0 Å². The van der Waals surface area contributed by atoms with Crippen LogP contribution in [0, 0.1) is 17.2 Å². The molecule has 0 aromatic carbocycles. The maximum atomic E-state index is 8.96. The van der Waals surface area contributed by atoms with E-state index in [9.17, 15) is 0 Å². The molecule has 0 amide bonds. The van der Waals surface area contributed by atoms with E-state index in [-0.39, 0.29) is 18.6 Å². The zero-order valence-electron chi connectivity index (χ0n) is 9.71. The van der Waals surface area contributed by atoms with Gasteiger partial charge < -0.3 is 10.4 Å². The van der Waals surface area contributed by atoms with Gasteiger partial charge in [0.15, 0.2) is 0 Å². The van der Waals surface area contributed by atoms with Gasteiger partial charge in [-0.15, -0.1) is 5.10 Å². The SMILES string of the molecule is N#CC1CCCC1NCc1cn(CCO)nn1. The lowest BCUT2D eigenvalue weighted by Crippen LogP contribution is -2.31. The Morgan fingerprint density at radius 1 is 1.59 bits per heavy atom. The molecule has 2 N–H and O–H groups in total. The Morgan fingerprint density at radius 3 is 3.24 bits per heavy atom. The summed E-state index contributed by atoms with van der Waals surface area (Å²) >= 11 is 0. The van der Waals surface area contributed by atoms with E-state index in [0.717, 1.165) is 25.0 Å². The maximum absolute atomic E-state index is 8.96. The van der Waals surface area contributed by atoms with E-state index in [1.165, 1.54) is 0 Å². The van der Waals surface area contributed by atoms with Crippen LogP contribution in [-0.4, -0.2) is 32.7 Å². The fourth-order valence-electron chi connectivity index (χ4n) is 2.23. The Kier molecular flexibility index (Phi) is 4.07. The lowest BCUT2D eigenvalue weighted by molar-refractivity contribution is 0.268. The highest BCUT2D eigenvalue weighted by molar-refractivity contribution is 4.99. The summed E-state index contributed by atoms with van der Waals surface area (Å²) in [6, 6.07) is 2.62. The molecule has 6 heteroatoms. The minimum Gasteiger partial charge on any atom is -0.394 e. The van der Waals surface area contributed by atoms with E-state index in [0.29, 0.717) is 13.1 Å². The molecule has 1 aromatic heterocycles. The second-order valence-corrected chi connectivity index (χ2v) is 4.35. The first-order valence-corrected chi connectivity index (χ1v) is 5.96. The van der Waals surface area contributed by atoms with Crippen molar-refractivity contribution in [1.82, 2.24) is 20.3 Å². The van der Waals surface area contributed by atoms with E-state index < -0.39 is 0 Å². The summed E-state index contributed by atoms with van der Waals surface area (Å²) in [5.74, 6) is 0.127. The standard InChI is InChI=1S/C11H17N5O/c12-6-9-2-1-3-11(9)13-7-10-8-16(4-5-17)15-14-10/h8-9,11,13,17H,1-5,7H2. The van der Waals surface area contributed by atoms with Gasteiger partial charge in [0.1, 0.15) is 0 Å². The van der Waals surface area contributed by atoms with Crippen LogP contribution in [0.25, 0.3) is 0 Å². The molecule has 0 aliphatic heterocycles. The third-order valence-electron chi connectivity index (χ3n) is 3.14. The van der Waals surface area contributed by atoms with Crippen molar-refractivity contribution in [1.29, 1.82) is 5.26 Å². The molecule has 2 rings (SSSR count). The van der Waals surface area contributed by atoms with Gasteiger partial charge >= 0.3 is 0 Å². The number of hydrogen-bond acceptors (Lipinski definition) is 5. The summed E-state index contributed by atoms with van der Waals surface area (Å²) in [4.78, 5) is 0. The average molecular weight is 235 g/mol. The van der Waals surface area contributed by atoms with Crippen molar-refractivity contribution in [3.63, 3.8) is 0 Å². The predicted molar refractivity (Wildman–Crippen MR) is 60.7 cm³/mol. The Labute approximate surface area is 100 Å². The zero-order valence-corrected chi connectivity index (χ0v) is 9.71. The Bertz CT molecular complexity index is 397. The number of aliphatic hydroxyl groups is 1. The molecule has 6 nitrogen and oxygen atoms in total. The summed E-state index contributed by atoms with van der Waals surface area (Å²) in [6.45, 7) is 1.17. The van der Waals surface area contributed by atoms with Gasteiger partial charge in [-0.2, -0.15) is 5.26 Å². The Morgan fingerprint density at radius 2 is 2.47 bits per heavy atom. The lowest BCUT2D eigenvalue weighted by atomic mass is 10.1. The summed E-state index contributed by atoms with van der Waals surface area (Å²) in [7, 11) is 0. The molecule has 0 bridgehead atoms. The number of rotatable bonds is 5. The summed E-state index contributed by atoms with van der Waals surface area (Å²) in [5.41, 5.74) is 0.849. The quantitative estimate of drug-likeness (QED) is 0.753. The molecule has 92 valence electrons. The smallest absolute Gasteiger partial charge is 0.0964 e. The first-order valence-electron chi connectivity index (χ1n) is 5.96. The second-order valence-electron chi connectivity index (χ2n) is 4.35. The average Bonchev–Trinajstić information content (AvgIpc) is 2.95. The van der Waals surface area contributed by atoms with Gasteiger partial charge in [-0.3, -0.25) is 0 Å². The molecular formula is C11H17N5O. The minimum atomic E-state index is 0.0648. The fraction of sp³-hybridized carbons (Fsp3) is 0.727. The Hall–Kier alpha value is -1.45. The largest absolute Gasteiger partial charge is 0.394 e. The van der Waals surface area contributed by atoms with Crippen molar-refractivity contribution in [3.05, 3.63) is 11.9 Å². The van der Waals surface area contributed by atoms with Crippen LogP contribution in [0.5, 0.6) is 0 Å². The molecule has 1 aromatic rings. The van der Waals surface area contributed by atoms with Gasteiger partial charge in [0.05, 0.1) is 30.8 Å². The fourth-order valence-corrected chi connectivity index (χ4v) is 2.23. The van der Waals surface area contributed by atoms with Crippen LogP contribution in [0.15, 0.2) is 6.20 Å². The summed E-state index contributed by atoms with van der Waals surface area (Å²) in [5, 5.41) is 29.0. The zero-order chi connectivity index (χ0) is 12.1. The topological polar surface area (TPSA) is 86.8 Å². The molecule has 1 heterocycles. The molecule has 2 unspecified atom stereocenters. The monoisotopic (exact) mass is 235 g/mol. The number of nitrogens with zero attached hydrogens (tertiary/aromatic N) is 4. The van der Waals surface area contributed by atoms with Crippen molar-refractivity contribution >= 4 is 0 Å². The number of aliphatic hydroxyl groups excluding tert-OH is 1. The molecule has 1 saturated carbocycles. The van der Waals surface area contributed by atoms with Gasteiger partial charge in [0.2, 0.25) is 0 Å². The molecule has 1 fully saturated rings. The van der Waals surface area contributed by atoms with Crippen LogP contribution >= 0.6 is 0 Å². The van der Waals surface area contributed by atoms with Crippen molar-refractivity contribution in [3.8, 4) is 6.07 Å². The van der Waals surface area contributed by atoms with Crippen molar-refractivity contribution in [2.75, 3.05) is 6.61 Å². The van der Waals surface area contributed by atoms with Crippen molar-refractivity contribution in [2.24, 2.45) is 5.92 Å². The molecule has 2 atom stereocenters. The number of nitrogens with one attached hydrogen (secondary N) is 1. The van der Waals surface area contributed by atoms with Gasteiger partial charge in [-0.1, -0.05) is 11.6 Å². The molecular weight excluding hydrogens is 218 g/mol. The van der Waals surface area contributed by atoms with Crippen molar-refractivity contribution in [2.45, 2.75) is 38.4 Å². The predicted octanol–water partition coefficient (Wildman–Crippen LogP) is 0.0523. The third-order valence-corrected chi connectivity index (χ3v) is 3.14. The molecule has 1 aliphatic rings. The first-order chi connectivity index (χ1) is 8.33. The molecule has 0 radical (unpaired) electrons. The van der Waals surface area contributed by atoms with Crippen LogP contribution in [-0.2, 0) is 13.1 Å².